The van der Waals surface area contributed by atoms with Gasteiger partial charge in [0.15, 0.2) is 0 Å². The summed E-state index contributed by atoms with van der Waals surface area (Å²) in [6.07, 6.45) is 0.100. The van der Waals surface area contributed by atoms with E-state index >= 15 is 0 Å². The fourth-order valence-corrected chi connectivity index (χ4v) is 2.94. The number of rotatable bonds is 2. The molecular formula is C16H16ClNO. The van der Waals surface area contributed by atoms with Gasteiger partial charge in [-0.3, -0.25) is 0 Å². The lowest BCUT2D eigenvalue weighted by Crippen LogP contribution is -2.25. The maximum absolute atomic E-state index is 6.36. The van der Waals surface area contributed by atoms with Crippen molar-refractivity contribution in [3.8, 4) is 16.9 Å². The van der Waals surface area contributed by atoms with Crippen LogP contribution in [0.15, 0.2) is 42.5 Å². The van der Waals surface area contributed by atoms with Gasteiger partial charge in [-0.15, -0.1) is 0 Å². The second-order valence-electron chi connectivity index (χ2n) is 4.83. The van der Waals surface area contributed by atoms with Crippen LogP contribution in [-0.2, 0) is 0 Å². The molecule has 3 heteroatoms. The van der Waals surface area contributed by atoms with Crippen LogP contribution in [0.4, 0.5) is 0 Å². The monoisotopic (exact) mass is 273 g/mol. The molecule has 2 nitrogen and oxygen atoms in total. The Morgan fingerprint density at radius 1 is 1.11 bits per heavy atom. The van der Waals surface area contributed by atoms with Crippen LogP contribution in [0.2, 0.25) is 5.02 Å². The molecule has 0 aromatic heterocycles. The zero-order valence-electron chi connectivity index (χ0n) is 11.0. The van der Waals surface area contributed by atoms with E-state index in [9.17, 15) is 0 Å². The number of hydrogen-bond acceptors (Lipinski definition) is 2. The lowest BCUT2D eigenvalue weighted by molar-refractivity contribution is 0.214. The molecule has 3 rings (SSSR count). The summed E-state index contributed by atoms with van der Waals surface area (Å²) in [4.78, 5) is 0. The molecule has 0 saturated carbocycles. The van der Waals surface area contributed by atoms with E-state index in [0.29, 0.717) is 5.02 Å². The standard InChI is InChI=1S/C16H16ClNO/c1-10-15(18-2)13-8-12(9-14(17)16(13)19-10)11-6-4-3-5-7-11/h3-10,15,18H,1-2H3. The fraction of sp³-hybridized carbons (Fsp3) is 0.250. The lowest BCUT2D eigenvalue weighted by Gasteiger charge is -2.13. The largest absolute Gasteiger partial charge is 0.487 e. The molecule has 2 aromatic rings. The van der Waals surface area contributed by atoms with E-state index in [0.717, 1.165) is 16.9 Å². The van der Waals surface area contributed by atoms with Crippen LogP contribution in [0, 0.1) is 0 Å². The van der Waals surface area contributed by atoms with Gasteiger partial charge in [0.2, 0.25) is 0 Å². The average molecular weight is 274 g/mol. The Kier molecular flexibility index (Phi) is 3.21. The van der Waals surface area contributed by atoms with Crippen LogP contribution in [0.25, 0.3) is 11.1 Å². The third-order valence-corrected chi connectivity index (χ3v) is 3.88. The average Bonchev–Trinajstić information content (AvgIpc) is 2.76. The Bertz CT molecular complexity index is 597. The van der Waals surface area contributed by atoms with Crippen LogP contribution >= 0.6 is 11.6 Å². The van der Waals surface area contributed by atoms with Crippen molar-refractivity contribution < 1.29 is 4.74 Å². The molecule has 19 heavy (non-hydrogen) atoms. The topological polar surface area (TPSA) is 21.3 Å². The summed E-state index contributed by atoms with van der Waals surface area (Å²) in [6.45, 7) is 2.06. The first-order valence-electron chi connectivity index (χ1n) is 6.43. The Hall–Kier alpha value is -1.51. The van der Waals surface area contributed by atoms with Gasteiger partial charge in [-0.25, -0.2) is 0 Å². The highest BCUT2D eigenvalue weighted by Gasteiger charge is 2.32. The van der Waals surface area contributed by atoms with Gasteiger partial charge in [0, 0.05) is 5.56 Å². The number of likely N-dealkylation sites (N-methyl/N-ethyl adjacent to an activating group) is 1. The molecule has 0 aliphatic carbocycles. The van der Waals surface area contributed by atoms with Gasteiger partial charge in [-0.2, -0.15) is 0 Å². The summed E-state index contributed by atoms with van der Waals surface area (Å²) in [6, 6.07) is 14.6. The van der Waals surface area contributed by atoms with Crippen LogP contribution < -0.4 is 10.1 Å². The second kappa shape index (κ2) is 4.87. The number of ether oxygens (including phenoxy) is 1. The molecule has 98 valence electrons. The van der Waals surface area contributed by atoms with Gasteiger partial charge in [-0.1, -0.05) is 41.9 Å². The van der Waals surface area contributed by atoms with Crippen LogP contribution in [0.1, 0.15) is 18.5 Å². The van der Waals surface area contributed by atoms with Gasteiger partial charge in [-0.05, 0) is 37.2 Å². The Labute approximate surface area is 118 Å². The molecule has 0 fully saturated rings. The van der Waals surface area contributed by atoms with Gasteiger partial charge in [0.25, 0.3) is 0 Å². The van der Waals surface area contributed by atoms with Crippen molar-refractivity contribution in [1.82, 2.24) is 5.32 Å². The highest BCUT2D eigenvalue weighted by atomic mass is 35.5. The quantitative estimate of drug-likeness (QED) is 0.891. The second-order valence-corrected chi connectivity index (χ2v) is 5.24. The highest BCUT2D eigenvalue weighted by Crippen LogP contribution is 2.44. The van der Waals surface area contributed by atoms with Crippen LogP contribution in [0.3, 0.4) is 0 Å². The van der Waals surface area contributed by atoms with Gasteiger partial charge in [0.1, 0.15) is 11.9 Å². The van der Waals surface area contributed by atoms with Crippen molar-refractivity contribution in [3.05, 3.63) is 53.1 Å². The summed E-state index contributed by atoms with van der Waals surface area (Å²) in [7, 11) is 1.95. The molecule has 2 unspecified atom stereocenters. The van der Waals surface area contributed by atoms with Gasteiger partial charge >= 0.3 is 0 Å². The van der Waals surface area contributed by atoms with Crippen molar-refractivity contribution in [3.63, 3.8) is 0 Å². The molecule has 0 spiro atoms. The summed E-state index contributed by atoms with van der Waals surface area (Å²) in [5.41, 5.74) is 3.44. The number of hydrogen-bond donors (Lipinski definition) is 1. The van der Waals surface area contributed by atoms with E-state index in [4.69, 9.17) is 16.3 Å². The highest BCUT2D eigenvalue weighted by molar-refractivity contribution is 6.32. The van der Waals surface area contributed by atoms with E-state index in [1.165, 1.54) is 5.56 Å². The minimum absolute atomic E-state index is 0.100. The van der Waals surface area contributed by atoms with Crippen molar-refractivity contribution in [2.75, 3.05) is 7.05 Å². The van der Waals surface area contributed by atoms with Crippen molar-refractivity contribution in [1.29, 1.82) is 0 Å². The summed E-state index contributed by atoms with van der Waals surface area (Å²) in [5, 5.41) is 3.97. The minimum Gasteiger partial charge on any atom is -0.487 e. The molecule has 2 aromatic carbocycles. The van der Waals surface area contributed by atoms with Crippen molar-refractivity contribution >= 4 is 11.6 Å². The zero-order valence-corrected chi connectivity index (χ0v) is 11.7. The lowest BCUT2D eigenvalue weighted by atomic mass is 9.98. The SMILES string of the molecule is CNC1c2cc(-c3ccccc3)cc(Cl)c2OC1C. The molecule has 1 N–H and O–H groups in total. The number of nitrogens with one attached hydrogen (secondary N) is 1. The summed E-state index contributed by atoms with van der Waals surface area (Å²) in [5.74, 6) is 0.813. The molecule has 0 saturated heterocycles. The van der Waals surface area contributed by atoms with Gasteiger partial charge < -0.3 is 10.1 Å². The van der Waals surface area contributed by atoms with E-state index in [1.54, 1.807) is 0 Å². The maximum atomic E-state index is 6.36. The molecule has 1 aliphatic rings. The summed E-state index contributed by atoms with van der Waals surface area (Å²) >= 11 is 6.36. The normalized spacial score (nSPS) is 21.0. The first-order chi connectivity index (χ1) is 9.20. The number of fused-ring (bicyclic) bond motifs is 1. The third-order valence-electron chi connectivity index (χ3n) is 3.60. The third kappa shape index (κ3) is 2.11. The van der Waals surface area contributed by atoms with Crippen LogP contribution in [-0.4, -0.2) is 13.2 Å². The predicted octanol–water partition coefficient (Wildman–Crippen LogP) is 4.05. The van der Waals surface area contributed by atoms with Gasteiger partial charge in [0.05, 0.1) is 11.1 Å². The smallest absolute Gasteiger partial charge is 0.143 e. The molecule has 2 atom stereocenters. The van der Waals surface area contributed by atoms with Crippen molar-refractivity contribution in [2.45, 2.75) is 19.1 Å². The van der Waals surface area contributed by atoms with Crippen LogP contribution in [0.5, 0.6) is 5.75 Å². The van der Waals surface area contributed by atoms with E-state index in [-0.39, 0.29) is 12.1 Å². The first-order valence-corrected chi connectivity index (χ1v) is 6.81. The van der Waals surface area contributed by atoms with E-state index in [2.05, 4.69) is 30.4 Å². The Morgan fingerprint density at radius 2 is 1.84 bits per heavy atom. The number of benzene rings is 2. The van der Waals surface area contributed by atoms with E-state index in [1.807, 2.05) is 31.3 Å². The minimum atomic E-state index is 0.100. The molecular weight excluding hydrogens is 258 g/mol. The zero-order chi connectivity index (χ0) is 13.4. The molecule has 0 bridgehead atoms. The van der Waals surface area contributed by atoms with E-state index < -0.39 is 0 Å². The fourth-order valence-electron chi connectivity index (χ4n) is 2.66. The Balaban J connectivity index is 2.12. The molecule has 1 aliphatic heterocycles. The van der Waals surface area contributed by atoms with Crippen molar-refractivity contribution in [2.24, 2.45) is 0 Å². The predicted molar refractivity (Wildman–Crippen MR) is 78.8 cm³/mol. The molecule has 0 radical (unpaired) electrons. The maximum Gasteiger partial charge on any atom is 0.143 e. The Morgan fingerprint density at radius 3 is 2.53 bits per heavy atom. The molecule has 1 heterocycles. The number of halogens is 1. The molecule has 0 amide bonds. The first kappa shape index (κ1) is 12.5. The summed E-state index contributed by atoms with van der Waals surface area (Å²) < 4.78 is 5.84.